The molecule has 3 heterocycles. The Labute approximate surface area is 315 Å². The molecule has 1 atom stereocenters. The Bertz CT molecular complexity index is 2640. The maximum Gasteiger partial charge on any atom is 3.00 e. The number of pyridine rings is 1. The second kappa shape index (κ2) is 13.7. The Kier molecular flexibility index (Phi) is 6.81. The number of hydrogen-bond donors (Lipinski definition) is 0. The van der Waals surface area contributed by atoms with Gasteiger partial charge in [0, 0.05) is 31.0 Å². The van der Waals surface area contributed by atoms with Gasteiger partial charge in [-0.3, -0.25) is 0 Å². The van der Waals surface area contributed by atoms with E-state index in [1.54, 1.807) is 42.6 Å². The third-order valence-corrected chi connectivity index (χ3v) is 8.66. The monoisotopic (exact) mass is 828 g/mol. The summed E-state index contributed by atoms with van der Waals surface area (Å²) in [4.78, 5) is 6.47. The molecular weight excluding hydrogens is 779 g/mol. The van der Waals surface area contributed by atoms with E-state index < -0.39 is 20.6 Å². The summed E-state index contributed by atoms with van der Waals surface area (Å²) in [6.45, 7) is -0.754. The van der Waals surface area contributed by atoms with Crippen molar-refractivity contribution in [3.8, 4) is 22.4 Å². The first kappa shape index (κ1) is 24.4. The molecular formula is C44H40IrN3O. The predicted molar refractivity (Wildman–Crippen MR) is 200 cm³/mol. The van der Waals surface area contributed by atoms with Gasteiger partial charge in [-0.2, -0.15) is 41.6 Å². The summed E-state index contributed by atoms with van der Waals surface area (Å²) in [5.74, 6) is 0. The number of rotatable bonds is 3. The maximum atomic E-state index is 8.38. The molecule has 1 unspecified atom stereocenters. The second-order valence-corrected chi connectivity index (χ2v) is 13.0. The van der Waals surface area contributed by atoms with E-state index in [1.165, 1.54) is 12.3 Å². The van der Waals surface area contributed by atoms with Gasteiger partial charge in [0.15, 0.2) is 0 Å². The minimum absolute atomic E-state index is 0. The molecule has 4 nitrogen and oxygen atoms in total. The van der Waals surface area contributed by atoms with Crippen LogP contribution in [-0.2, 0) is 25.5 Å². The smallest absolute Gasteiger partial charge is 0.668 e. The zero-order valence-corrected chi connectivity index (χ0v) is 29.9. The number of furan rings is 1. The first-order valence-corrected chi connectivity index (χ1v) is 15.7. The predicted octanol–water partition coefficient (Wildman–Crippen LogP) is 11.8. The molecule has 2 aromatic heterocycles. The molecule has 0 bridgehead atoms. The molecule has 246 valence electrons. The van der Waals surface area contributed by atoms with Gasteiger partial charge < -0.3 is 19.6 Å². The molecule has 1 aliphatic heterocycles. The zero-order valence-electron chi connectivity index (χ0n) is 36.6. The zero-order chi connectivity index (χ0) is 41.1. The Morgan fingerprint density at radius 2 is 1.69 bits per heavy atom. The molecule has 1 aliphatic rings. The van der Waals surface area contributed by atoms with Crippen molar-refractivity contribution in [1.82, 2.24) is 9.88 Å². The van der Waals surface area contributed by atoms with E-state index in [4.69, 9.17) is 16.8 Å². The standard InChI is InChI=1S/C33H28NO.C11H12N2.Ir/c1-20-15-23-16-24(33(3,4)5)14-13-22(23)17-28(20)29-18-30(34-19-21(29)2)27-11-8-10-26-25-9-6-7-12-31(25)35-32(26)27;1-9-3-5-10(6-4-9)11-12-7-8-13(11)2;/h6-10,12-19H,1-5H3;3-5,7-8,11H,1-2H3;/q-1;-2;+3/i1D3,2D3;1D3;. The number of para-hydroxylation sites is 1. The first-order chi connectivity index (χ1) is 26.7. The van der Waals surface area contributed by atoms with Gasteiger partial charge in [-0.15, -0.1) is 18.2 Å². The molecule has 0 aliphatic carbocycles. The van der Waals surface area contributed by atoms with Crippen molar-refractivity contribution in [3.63, 3.8) is 0 Å². The minimum atomic E-state index is -2.52. The molecule has 0 fully saturated rings. The molecule has 0 N–H and O–H groups in total. The fraction of sp³-hybridized carbons (Fsp3) is 0.205. The summed E-state index contributed by atoms with van der Waals surface area (Å²) in [7, 11) is 1.92. The van der Waals surface area contributed by atoms with E-state index >= 15 is 0 Å². The maximum absolute atomic E-state index is 8.38. The van der Waals surface area contributed by atoms with Crippen LogP contribution in [0.4, 0.5) is 0 Å². The molecule has 0 saturated carbocycles. The van der Waals surface area contributed by atoms with E-state index in [0.717, 1.165) is 38.3 Å². The summed E-state index contributed by atoms with van der Waals surface area (Å²) in [6, 6.07) is 33.6. The average molecular weight is 828 g/mol. The van der Waals surface area contributed by atoms with Gasteiger partial charge in [0.1, 0.15) is 5.58 Å². The van der Waals surface area contributed by atoms with Gasteiger partial charge in [0.25, 0.3) is 0 Å². The van der Waals surface area contributed by atoms with Gasteiger partial charge in [-0.1, -0.05) is 87.1 Å². The SMILES string of the molecule is [2H]C([2H])([2H])c1c[c-]c(C2[N-]C=CN2C)cc1.[2H]C([2H])([2H])c1cnc(-c2[c-]ccc3c2oc2ccccc23)cc1-c1cc2ccc(C(C)(C)C)cc2cc1C([2H])([2H])[2H].[Ir+3]. The van der Waals surface area contributed by atoms with E-state index in [9.17, 15) is 0 Å². The Morgan fingerprint density at radius 3 is 2.43 bits per heavy atom. The Balaban J connectivity index is 0.000000280. The van der Waals surface area contributed by atoms with Gasteiger partial charge in [0.05, 0.1) is 5.58 Å². The largest absolute Gasteiger partial charge is 3.00 e. The number of benzene rings is 5. The topological polar surface area (TPSA) is 43.4 Å². The van der Waals surface area contributed by atoms with Crippen LogP contribution in [0.3, 0.4) is 0 Å². The fourth-order valence-electron chi connectivity index (χ4n) is 5.99. The van der Waals surface area contributed by atoms with E-state index in [2.05, 4.69) is 43.2 Å². The van der Waals surface area contributed by atoms with E-state index in [1.807, 2.05) is 66.7 Å². The van der Waals surface area contributed by atoms with Crippen LogP contribution in [0.15, 0.2) is 114 Å². The molecule has 0 spiro atoms. The number of aryl methyl sites for hydroxylation is 3. The van der Waals surface area contributed by atoms with Crippen LogP contribution < -0.4 is 0 Å². The average Bonchev–Trinajstić information content (AvgIpc) is 3.76. The molecule has 0 saturated heterocycles. The summed E-state index contributed by atoms with van der Waals surface area (Å²) in [5.41, 5.74) is 5.17. The second-order valence-electron chi connectivity index (χ2n) is 13.0. The van der Waals surface area contributed by atoms with Crippen molar-refractivity contribution >= 4 is 32.7 Å². The molecule has 7 aromatic rings. The van der Waals surface area contributed by atoms with Crippen LogP contribution in [-0.4, -0.2) is 16.9 Å². The quantitative estimate of drug-likeness (QED) is 0.167. The Hall–Kier alpha value is -4.70. The summed E-state index contributed by atoms with van der Waals surface area (Å²) >= 11 is 0. The van der Waals surface area contributed by atoms with Crippen molar-refractivity contribution in [3.05, 3.63) is 155 Å². The first-order valence-electron chi connectivity index (χ1n) is 20.2. The van der Waals surface area contributed by atoms with Gasteiger partial charge >= 0.3 is 20.1 Å². The van der Waals surface area contributed by atoms with Crippen molar-refractivity contribution in [2.24, 2.45) is 0 Å². The van der Waals surface area contributed by atoms with E-state index in [0.29, 0.717) is 33.5 Å². The van der Waals surface area contributed by atoms with Crippen molar-refractivity contribution in [1.29, 1.82) is 0 Å². The molecule has 49 heavy (non-hydrogen) atoms. The third-order valence-electron chi connectivity index (χ3n) is 8.66. The molecule has 5 aromatic carbocycles. The van der Waals surface area contributed by atoms with Crippen LogP contribution in [0.2, 0.25) is 0 Å². The number of fused-ring (bicyclic) bond motifs is 4. The summed E-state index contributed by atoms with van der Waals surface area (Å²) in [5, 5.41) is 7.70. The van der Waals surface area contributed by atoms with Crippen molar-refractivity contribution < 1.29 is 36.9 Å². The molecule has 0 amide bonds. The Morgan fingerprint density at radius 1 is 0.857 bits per heavy atom. The van der Waals surface area contributed by atoms with Gasteiger partial charge in [-0.05, 0) is 87.9 Å². The molecule has 0 radical (unpaired) electrons. The number of hydrogen-bond acceptors (Lipinski definition) is 3. The van der Waals surface area contributed by atoms with E-state index in [-0.39, 0.29) is 42.8 Å². The number of nitrogens with zero attached hydrogens (tertiary/aromatic N) is 3. The third kappa shape index (κ3) is 6.79. The van der Waals surface area contributed by atoms with Crippen molar-refractivity contribution in [2.45, 2.75) is 52.9 Å². The van der Waals surface area contributed by atoms with Crippen LogP contribution in [0.25, 0.3) is 60.4 Å². The summed E-state index contributed by atoms with van der Waals surface area (Å²) < 4.78 is 77.9. The number of aromatic nitrogens is 1. The van der Waals surface area contributed by atoms with Crippen LogP contribution in [0.5, 0.6) is 0 Å². The van der Waals surface area contributed by atoms with Crippen molar-refractivity contribution in [2.75, 3.05) is 7.05 Å². The van der Waals surface area contributed by atoms with Gasteiger partial charge in [-0.25, -0.2) is 0 Å². The summed E-state index contributed by atoms with van der Waals surface area (Å²) in [6.07, 6.45) is 4.85. The minimum Gasteiger partial charge on any atom is -0.668 e. The van der Waals surface area contributed by atoms with Crippen LogP contribution >= 0.6 is 0 Å². The van der Waals surface area contributed by atoms with Gasteiger partial charge in [0.2, 0.25) is 0 Å². The molecule has 5 heteroatoms. The normalized spacial score (nSPS) is 17.6. The van der Waals surface area contributed by atoms with Crippen LogP contribution in [0.1, 0.15) is 67.1 Å². The van der Waals surface area contributed by atoms with Crippen LogP contribution in [0, 0.1) is 32.7 Å². The molecule has 8 rings (SSSR count). The fourth-order valence-corrected chi connectivity index (χ4v) is 5.99.